The van der Waals surface area contributed by atoms with Crippen LogP contribution in [0.1, 0.15) is 34.6 Å². The number of amides is 2. The van der Waals surface area contributed by atoms with E-state index in [2.05, 4.69) is 10.6 Å². The molecule has 0 radical (unpaired) electrons. The topological polar surface area (TPSA) is 67.4 Å². The Labute approximate surface area is 152 Å². The normalized spacial score (nSPS) is 12.0. The first-order valence-electron chi connectivity index (χ1n) is 8.20. The van der Waals surface area contributed by atoms with Gasteiger partial charge >= 0.3 is 0 Å². The molecule has 2 aromatic rings. The molecule has 2 N–H and O–H groups in total. The van der Waals surface area contributed by atoms with Gasteiger partial charge in [-0.05, 0) is 28.5 Å². The van der Waals surface area contributed by atoms with Crippen LogP contribution in [-0.4, -0.2) is 25.0 Å². The van der Waals surface area contributed by atoms with Crippen LogP contribution in [0.5, 0.6) is 0 Å². The fourth-order valence-corrected chi connectivity index (χ4v) is 3.10. The summed E-state index contributed by atoms with van der Waals surface area (Å²) >= 11 is 1.36. The van der Waals surface area contributed by atoms with Gasteiger partial charge in [0.15, 0.2) is 0 Å². The Morgan fingerprint density at radius 1 is 1.12 bits per heavy atom. The van der Waals surface area contributed by atoms with Crippen molar-refractivity contribution < 1.29 is 14.3 Å². The first-order chi connectivity index (χ1) is 12.0. The third-order valence-electron chi connectivity index (χ3n) is 3.85. The molecule has 0 aliphatic rings. The summed E-state index contributed by atoms with van der Waals surface area (Å²) in [6.45, 7) is 4.72. The molecule has 0 saturated carbocycles. The maximum atomic E-state index is 12.6. The quantitative estimate of drug-likeness (QED) is 0.760. The van der Waals surface area contributed by atoms with Gasteiger partial charge in [0.1, 0.15) is 6.04 Å². The van der Waals surface area contributed by atoms with Gasteiger partial charge in [-0.3, -0.25) is 9.59 Å². The molecule has 2 rings (SSSR count). The fourth-order valence-electron chi connectivity index (χ4n) is 2.47. The highest BCUT2D eigenvalue weighted by Gasteiger charge is 2.24. The van der Waals surface area contributed by atoms with Gasteiger partial charge in [-0.25, -0.2) is 0 Å². The molecule has 6 heteroatoms. The molecule has 25 heavy (non-hydrogen) atoms. The number of ether oxygens (including phenoxy) is 1. The van der Waals surface area contributed by atoms with E-state index in [1.807, 2.05) is 49.6 Å². The SMILES string of the molecule is COCc1ccccc1CNC(=O)C(NC(=O)c1cccs1)C(C)C. The molecule has 0 aliphatic heterocycles. The number of rotatable bonds is 8. The minimum absolute atomic E-state index is 0.0156. The summed E-state index contributed by atoms with van der Waals surface area (Å²) in [6, 6.07) is 10.8. The van der Waals surface area contributed by atoms with Gasteiger partial charge in [-0.2, -0.15) is 0 Å². The van der Waals surface area contributed by atoms with E-state index < -0.39 is 6.04 Å². The van der Waals surface area contributed by atoms with Crippen molar-refractivity contribution in [2.75, 3.05) is 7.11 Å². The lowest BCUT2D eigenvalue weighted by Gasteiger charge is -2.22. The predicted octanol–water partition coefficient (Wildman–Crippen LogP) is 2.97. The molecule has 0 fully saturated rings. The number of hydrogen-bond donors (Lipinski definition) is 2. The molecular weight excluding hydrogens is 336 g/mol. The van der Waals surface area contributed by atoms with Crippen molar-refractivity contribution in [2.24, 2.45) is 5.92 Å². The van der Waals surface area contributed by atoms with Gasteiger partial charge in [-0.15, -0.1) is 11.3 Å². The molecule has 134 valence electrons. The van der Waals surface area contributed by atoms with Crippen molar-refractivity contribution >= 4 is 23.2 Å². The average Bonchev–Trinajstić information content (AvgIpc) is 3.13. The molecule has 1 heterocycles. The molecule has 1 aromatic carbocycles. The Morgan fingerprint density at radius 3 is 2.44 bits per heavy atom. The Bertz CT molecular complexity index is 698. The molecule has 2 amide bonds. The van der Waals surface area contributed by atoms with Gasteiger partial charge in [0, 0.05) is 13.7 Å². The lowest BCUT2D eigenvalue weighted by Crippen LogP contribution is -2.49. The zero-order valence-electron chi connectivity index (χ0n) is 14.7. The van der Waals surface area contributed by atoms with E-state index in [1.165, 1.54) is 11.3 Å². The largest absolute Gasteiger partial charge is 0.380 e. The number of nitrogens with one attached hydrogen (secondary N) is 2. The van der Waals surface area contributed by atoms with Crippen molar-refractivity contribution in [3.8, 4) is 0 Å². The van der Waals surface area contributed by atoms with Crippen LogP contribution in [0.15, 0.2) is 41.8 Å². The van der Waals surface area contributed by atoms with Gasteiger partial charge in [0.2, 0.25) is 5.91 Å². The lowest BCUT2D eigenvalue weighted by atomic mass is 10.0. The van der Waals surface area contributed by atoms with Crippen molar-refractivity contribution in [2.45, 2.75) is 33.0 Å². The van der Waals surface area contributed by atoms with Crippen molar-refractivity contribution in [1.29, 1.82) is 0 Å². The van der Waals surface area contributed by atoms with E-state index in [4.69, 9.17) is 4.74 Å². The monoisotopic (exact) mass is 360 g/mol. The third-order valence-corrected chi connectivity index (χ3v) is 4.72. The molecular formula is C19H24N2O3S. The Hall–Kier alpha value is -2.18. The molecule has 0 saturated heterocycles. The first-order valence-corrected chi connectivity index (χ1v) is 9.08. The maximum Gasteiger partial charge on any atom is 0.262 e. The predicted molar refractivity (Wildman–Crippen MR) is 99.4 cm³/mol. The second-order valence-corrected chi connectivity index (χ2v) is 7.04. The summed E-state index contributed by atoms with van der Waals surface area (Å²) in [7, 11) is 1.64. The lowest BCUT2D eigenvalue weighted by molar-refractivity contribution is -0.124. The van der Waals surface area contributed by atoms with Crippen LogP contribution in [0, 0.1) is 5.92 Å². The number of methoxy groups -OCH3 is 1. The van der Waals surface area contributed by atoms with Gasteiger partial charge < -0.3 is 15.4 Å². The average molecular weight is 360 g/mol. The second kappa shape index (κ2) is 9.34. The molecule has 0 spiro atoms. The highest BCUT2D eigenvalue weighted by molar-refractivity contribution is 7.12. The van der Waals surface area contributed by atoms with Crippen molar-refractivity contribution in [3.05, 3.63) is 57.8 Å². The Morgan fingerprint density at radius 2 is 1.84 bits per heavy atom. The number of carbonyl (C=O) groups is 2. The smallest absolute Gasteiger partial charge is 0.262 e. The molecule has 1 unspecified atom stereocenters. The Kier molecular flexibility index (Phi) is 7.16. The van der Waals surface area contributed by atoms with Crippen LogP contribution in [0.4, 0.5) is 0 Å². The minimum Gasteiger partial charge on any atom is -0.380 e. The van der Waals surface area contributed by atoms with Crippen LogP contribution in [0.25, 0.3) is 0 Å². The summed E-state index contributed by atoms with van der Waals surface area (Å²) in [5, 5.41) is 7.59. The zero-order valence-corrected chi connectivity index (χ0v) is 15.6. The standard InChI is InChI=1S/C19H24N2O3S/c1-13(2)17(21-18(22)16-9-6-10-25-16)19(23)20-11-14-7-4-5-8-15(14)12-24-3/h4-10,13,17H,11-12H2,1-3H3,(H,20,23)(H,21,22). The van der Waals surface area contributed by atoms with Crippen LogP contribution in [0.3, 0.4) is 0 Å². The summed E-state index contributed by atoms with van der Waals surface area (Å²) < 4.78 is 5.19. The van der Waals surface area contributed by atoms with Gasteiger partial charge in [0.25, 0.3) is 5.91 Å². The third kappa shape index (κ3) is 5.41. The van der Waals surface area contributed by atoms with Crippen LogP contribution < -0.4 is 10.6 Å². The fraction of sp³-hybridized carbons (Fsp3) is 0.368. The molecule has 5 nitrogen and oxygen atoms in total. The summed E-state index contributed by atoms with van der Waals surface area (Å²) in [6.07, 6.45) is 0. The maximum absolute atomic E-state index is 12.6. The number of carbonyl (C=O) groups excluding carboxylic acids is 2. The van der Waals surface area contributed by atoms with Crippen LogP contribution in [-0.2, 0) is 22.7 Å². The summed E-state index contributed by atoms with van der Waals surface area (Å²) in [5.74, 6) is -0.422. The summed E-state index contributed by atoms with van der Waals surface area (Å²) in [4.78, 5) is 25.4. The van der Waals surface area contributed by atoms with E-state index in [-0.39, 0.29) is 17.7 Å². The van der Waals surface area contributed by atoms with Gasteiger partial charge in [-0.1, -0.05) is 44.2 Å². The minimum atomic E-state index is -0.579. The highest BCUT2D eigenvalue weighted by atomic mass is 32.1. The van der Waals surface area contributed by atoms with E-state index in [0.717, 1.165) is 11.1 Å². The molecule has 0 bridgehead atoms. The van der Waals surface area contributed by atoms with Crippen molar-refractivity contribution in [3.63, 3.8) is 0 Å². The molecule has 0 aliphatic carbocycles. The van der Waals surface area contributed by atoms with E-state index in [1.54, 1.807) is 13.2 Å². The van der Waals surface area contributed by atoms with E-state index in [0.29, 0.717) is 18.0 Å². The van der Waals surface area contributed by atoms with Crippen molar-refractivity contribution in [1.82, 2.24) is 10.6 Å². The second-order valence-electron chi connectivity index (χ2n) is 6.09. The zero-order chi connectivity index (χ0) is 18.2. The van der Waals surface area contributed by atoms with E-state index in [9.17, 15) is 9.59 Å². The van der Waals surface area contributed by atoms with Crippen LogP contribution in [0.2, 0.25) is 0 Å². The Balaban J connectivity index is 2.00. The number of benzene rings is 1. The summed E-state index contributed by atoms with van der Waals surface area (Å²) in [5.41, 5.74) is 2.04. The number of thiophene rings is 1. The first kappa shape index (κ1) is 19.1. The van der Waals surface area contributed by atoms with E-state index >= 15 is 0 Å². The molecule has 1 atom stereocenters. The highest BCUT2D eigenvalue weighted by Crippen LogP contribution is 2.12. The number of hydrogen-bond acceptors (Lipinski definition) is 4. The van der Waals surface area contributed by atoms with Gasteiger partial charge in [0.05, 0.1) is 11.5 Å². The van der Waals surface area contributed by atoms with Crippen LogP contribution >= 0.6 is 11.3 Å². The molecule has 1 aromatic heterocycles.